The van der Waals surface area contributed by atoms with E-state index in [4.69, 9.17) is 14.2 Å². The van der Waals surface area contributed by atoms with Gasteiger partial charge in [-0.1, -0.05) is 178 Å². The van der Waals surface area contributed by atoms with Crippen molar-refractivity contribution >= 4 is 17.9 Å². The average Bonchev–Trinajstić information content (AvgIpc) is 3.21. The predicted molar refractivity (Wildman–Crippen MR) is 242 cm³/mol. The average molecular weight is 797 g/mol. The Morgan fingerprint density at radius 3 is 1.28 bits per heavy atom. The molecule has 0 bridgehead atoms. The second-order valence-corrected chi connectivity index (χ2v) is 15.7. The predicted octanol–water partition coefficient (Wildman–Crippen LogP) is 15.3. The molecule has 0 N–H and O–H groups in total. The van der Waals surface area contributed by atoms with Crippen molar-refractivity contribution in [2.75, 3.05) is 13.2 Å². The molecule has 1 atom stereocenters. The summed E-state index contributed by atoms with van der Waals surface area (Å²) in [4.78, 5) is 37.7. The lowest BCUT2D eigenvalue weighted by atomic mass is 10.1. The van der Waals surface area contributed by atoms with Crippen molar-refractivity contribution in [1.82, 2.24) is 0 Å². The smallest absolute Gasteiger partial charge is 0.306 e. The van der Waals surface area contributed by atoms with Crippen molar-refractivity contribution in [3.05, 3.63) is 60.8 Å². The molecule has 0 saturated carbocycles. The van der Waals surface area contributed by atoms with Gasteiger partial charge in [-0.05, 0) is 89.9 Å². The van der Waals surface area contributed by atoms with E-state index in [2.05, 4.69) is 81.5 Å². The van der Waals surface area contributed by atoms with Gasteiger partial charge in [-0.15, -0.1) is 0 Å². The number of esters is 3. The first kappa shape index (κ1) is 54.1. The maximum absolute atomic E-state index is 12.7. The maximum atomic E-state index is 12.7. The Hall–Kier alpha value is -2.89. The molecule has 0 fully saturated rings. The van der Waals surface area contributed by atoms with Crippen LogP contribution in [0.5, 0.6) is 0 Å². The number of hydrogen-bond acceptors (Lipinski definition) is 6. The number of carbonyl (C=O) groups excluding carboxylic acids is 3. The Morgan fingerprint density at radius 2 is 0.754 bits per heavy atom. The Balaban J connectivity index is 4.42. The van der Waals surface area contributed by atoms with E-state index in [1.807, 2.05) is 0 Å². The van der Waals surface area contributed by atoms with E-state index in [0.717, 1.165) is 83.5 Å². The molecule has 0 aliphatic carbocycles. The van der Waals surface area contributed by atoms with Gasteiger partial charge >= 0.3 is 17.9 Å². The van der Waals surface area contributed by atoms with E-state index in [9.17, 15) is 14.4 Å². The quantitative estimate of drug-likeness (QED) is 0.0201. The highest BCUT2D eigenvalue weighted by Gasteiger charge is 2.19. The fraction of sp³-hybridized carbons (Fsp3) is 0.745. The largest absolute Gasteiger partial charge is 0.462 e. The number of rotatable bonds is 42. The number of hydrogen-bond donors (Lipinski definition) is 0. The number of allylic oxidation sites excluding steroid dienone is 10. The third-order valence-corrected chi connectivity index (χ3v) is 10.0. The van der Waals surface area contributed by atoms with Gasteiger partial charge in [-0.3, -0.25) is 14.4 Å². The minimum atomic E-state index is -0.797. The molecule has 0 aromatic rings. The van der Waals surface area contributed by atoms with Crippen LogP contribution in [0.15, 0.2) is 60.8 Å². The molecule has 0 saturated heterocycles. The molecule has 0 aromatic carbocycles. The van der Waals surface area contributed by atoms with Crippen LogP contribution >= 0.6 is 0 Å². The van der Waals surface area contributed by atoms with E-state index >= 15 is 0 Å². The van der Waals surface area contributed by atoms with Crippen molar-refractivity contribution in [2.24, 2.45) is 0 Å². The number of carbonyl (C=O) groups is 3. The van der Waals surface area contributed by atoms with Gasteiger partial charge in [0, 0.05) is 19.3 Å². The molecule has 0 heterocycles. The van der Waals surface area contributed by atoms with Gasteiger partial charge in [0.2, 0.25) is 0 Å². The van der Waals surface area contributed by atoms with Gasteiger partial charge < -0.3 is 14.2 Å². The Morgan fingerprint density at radius 1 is 0.386 bits per heavy atom. The van der Waals surface area contributed by atoms with Crippen LogP contribution in [-0.2, 0) is 28.6 Å². The minimum absolute atomic E-state index is 0.100. The summed E-state index contributed by atoms with van der Waals surface area (Å²) < 4.78 is 16.7. The fourth-order valence-electron chi connectivity index (χ4n) is 6.41. The summed E-state index contributed by atoms with van der Waals surface area (Å²) in [7, 11) is 0. The molecule has 328 valence electrons. The zero-order valence-electron chi connectivity index (χ0n) is 37.3. The highest BCUT2D eigenvalue weighted by atomic mass is 16.6. The number of ether oxygens (including phenoxy) is 3. The molecule has 0 spiro atoms. The Kier molecular flexibility index (Phi) is 43.5. The minimum Gasteiger partial charge on any atom is -0.462 e. The van der Waals surface area contributed by atoms with Crippen LogP contribution in [0.1, 0.15) is 226 Å². The summed E-state index contributed by atoms with van der Waals surface area (Å²) >= 11 is 0. The van der Waals surface area contributed by atoms with E-state index in [1.54, 1.807) is 0 Å². The monoisotopic (exact) mass is 797 g/mol. The van der Waals surface area contributed by atoms with E-state index in [1.165, 1.54) is 96.3 Å². The van der Waals surface area contributed by atoms with E-state index in [-0.39, 0.29) is 31.1 Å². The van der Waals surface area contributed by atoms with Gasteiger partial charge in [0.05, 0.1) is 0 Å². The van der Waals surface area contributed by atoms with Crippen molar-refractivity contribution in [3.63, 3.8) is 0 Å². The van der Waals surface area contributed by atoms with Crippen molar-refractivity contribution in [2.45, 2.75) is 232 Å². The van der Waals surface area contributed by atoms with Crippen molar-refractivity contribution in [1.29, 1.82) is 0 Å². The van der Waals surface area contributed by atoms with E-state index in [0.29, 0.717) is 25.7 Å². The van der Waals surface area contributed by atoms with Crippen molar-refractivity contribution < 1.29 is 28.6 Å². The molecule has 0 aromatic heterocycles. The highest BCUT2D eigenvalue weighted by Crippen LogP contribution is 2.13. The lowest BCUT2D eigenvalue weighted by Gasteiger charge is -2.18. The van der Waals surface area contributed by atoms with E-state index < -0.39 is 6.10 Å². The molecular weight excluding hydrogens is 709 g/mol. The zero-order valence-corrected chi connectivity index (χ0v) is 37.3. The number of unbranched alkanes of at least 4 members (excludes halogenated alkanes) is 22. The summed E-state index contributed by atoms with van der Waals surface area (Å²) in [6, 6.07) is 0. The molecule has 6 heteroatoms. The summed E-state index contributed by atoms with van der Waals surface area (Å²) in [5.74, 6) is -0.970. The van der Waals surface area contributed by atoms with Crippen LogP contribution < -0.4 is 0 Å². The molecule has 1 unspecified atom stereocenters. The first-order valence-electron chi connectivity index (χ1n) is 23.8. The SMILES string of the molecule is CC/C=C\C/C=C\CCCCCCCCCC(=O)OC(COC(=O)CCC/C=C\CCCCCC)COC(=O)CCCCC/C=C\C=C/CCCCCCCCC. The third kappa shape index (κ3) is 44.1. The molecule has 0 aliphatic heterocycles. The van der Waals surface area contributed by atoms with Crippen LogP contribution in [0.25, 0.3) is 0 Å². The van der Waals surface area contributed by atoms with Crippen LogP contribution in [0.4, 0.5) is 0 Å². The lowest BCUT2D eigenvalue weighted by Crippen LogP contribution is -2.30. The van der Waals surface area contributed by atoms with Gasteiger partial charge in [-0.2, -0.15) is 0 Å². The van der Waals surface area contributed by atoms with Crippen LogP contribution in [-0.4, -0.2) is 37.2 Å². The molecule has 6 nitrogen and oxygen atoms in total. The highest BCUT2D eigenvalue weighted by molar-refractivity contribution is 5.71. The lowest BCUT2D eigenvalue weighted by molar-refractivity contribution is -0.167. The molecular formula is C51H88O6. The first-order valence-corrected chi connectivity index (χ1v) is 23.8. The zero-order chi connectivity index (χ0) is 41.5. The Bertz CT molecular complexity index is 1050. The molecule has 0 amide bonds. The van der Waals surface area contributed by atoms with Gasteiger partial charge in [0.1, 0.15) is 13.2 Å². The molecule has 57 heavy (non-hydrogen) atoms. The van der Waals surface area contributed by atoms with Gasteiger partial charge in [-0.25, -0.2) is 0 Å². The normalized spacial score (nSPS) is 12.5. The third-order valence-electron chi connectivity index (χ3n) is 10.0. The van der Waals surface area contributed by atoms with Crippen LogP contribution in [0.2, 0.25) is 0 Å². The standard InChI is InChI=1S/C51H88O6/c1-4-7-10-13-16-19-21-23-25-26-28-29-32-35-38-41-44-50(53)56-47-48(46-55-49(52)43-40-37-34-31-18-15-12-9-6-3)57-51(54)45-42-39-36-33-30-27-24-22-20-17-14-11-8-5-2/h8,11,17,20,25-26,28-29,31,34,48H,4-7,9-10,12-16,18-19,21-24,27,30,32-33,35-47H2,1-3H3/b11-8-,20-17-,26-25-,29-28-,34-31-. The summed E-state index contributed by atoms with van der Waals surface area (Å²) in [6.45, 7) is 6.43. The maximum Gasteiger partial charge on any atom is 0.306 e. The molecule has 0 aliphatic rings. The Labute approximate surface area is 351 Å². The second kappa shape index (κ2) is 45.8. The second-order valence-electron chi connectivity index (χ2n) is 15.7. The summed E-state index contributed by atoms with van der Waals surface area (Å²) in [6.07, 6.45) is 55.0. The van der Waals surface area contributed by atoms with Crippen LogP contribution in [0, 0.1) is 0 Å². The first-order chi connectivity index (χ1) is 28.0. The topological polar surface area (TPSA) is 78.9 Å². The van der Waals surface area contributed by atoms with Crippen molar-refractivity contribution in [3.8, 4) is 0 Å². The van der Waals surface area contributed by atoms with Gasteiger partial charge in [0.15, 0.2) is 6.10 Å². The molecule has 0 rings (SSSR count). The fourth-order valence-corrected chi connectivity index (χ4v) is 6.41. The van der Waals surface area contributed by atoms with Gasteiger partial charge in [0.25, 0.3) is 0 Å². The summed E-state index contributed by atoms with van der Waals surface area (Å²) in [5.41, 5.74) is 0. The van der Waals surface area contributed by atoms with Crippen LogP contribution in [0.3, 0.4) is 0 Å². The molecule has 0 radical (unpaired) electrons. The summed E-state index contributed by atoms with van der Waals surface area (Å²) in [5, 5.41) is 0.